The molecule has 0 atom stereocenters. The van der Waals surface area contributed by atoms with Crippen LogP contribution in [0.25, 0.3) is 0 Å². The topological polar surface area (TPSA) is 86.9 Å². The van der Waals surface area contributed by atoms with E-state index >= 15 is 0 Å². The van der Waals surface area contributed by atoms with Crippen LogP contribution in [0, 0.1) is 6.92 Å². The highest BCUT2D eigenvalue weighted by atomic mass is 16.1. The minimum absolute atomic E-state index is 0.228. The van der Waals surface area contributed by atoms with Gasteiger partial charge in [0.1, 0.15) is 5.82 Å². The van der Waals surface area contributed by atoms with Crippen molar-refractivity contribution in [3.63, 3.8) is 0 Å². The lowest BCUT2D eigenvalue weighted by atomic mass is 10.4. The van der Waals surface area contributed by atoms with E-state index in [1.54, 1.807) is 6.92 Å². The zero-order valence-corrected chi connectivity index (χ0v) is 5.53. The normalized spacial score (nSPS) is 9.70. The molecule has 5 nitrogen and oxygen atoms in total. The first-order valence-electron chi connectivity index (χ1n) is 2.72. The molecule has 0 saturated carbocycles. The second kappa shape index (κ2) is 2.02. The molecule has 0 bridgehead atoms. The Morgan fingerprint density at radius 2 is 2.30 bits per heavy atom. The molecule has 0 radical (unpaired) electrons. The predicted molar refractivity (Wildman–Crippen MR) is 37.8 cm³/mol. The molecule has 0 unspecified atom stereocenters. The predicted octanol–water partition coefficient (Wildman–Crippen LogP) is -1.15. The van der Waals surface area contributed by atoms with Gasteiger partial charge in [0.15, 0.2) is 0 Å². The van der Waals surface area contributed by atoms with E-state index in [9.17, 15) is 4.79 Å². The van der Waals surface area contributed by atoms with Crippen molar-refractivity contribution in [1.82, 2.24) is 9.66 Å². The summed E-state index contributed by atoms with van der Waals surface area (Å²) in [7, 11) is 0. The van der Waals surface area contributed by atoms with Gasteiger partial charge >= 0.3 is 5.69 Å². The van der Waals surface area contributed by atoms with E-state index in [1.165, 1.54) is 6.20 Å². The number of nitrogens with two attached hydrogens (primary N) is 2. The first kappa shape index (κ1) is 6.60. The third kappa shape index (κ3) is 0.928. The minimum atomic E-state index is -0.539. The van der Waals surface area contributed by atoms with Crippen molar-refractivity contribution in [2.45, 2.75) is 6.92 Å². The Balaban J connectivity index is 3.43. The van der Waals surface area contributed by atoms with Gasteiger partial charge in [-0.15, -0.1) is 0 Å². The molecule has 54 valence electrons. The molecule has 0 aliphatic rings. The summed E-state index contributed by atoms with van der Waals surface area (Å²) in [5.74, 6) is 5.40. The van der Waals surface area contributed by atoms with Crippen LogP contribution in [0.2, 0.25) is 0 Å². The van der Waals surface area contributed by atoms with Crippen LogP contribution in [0.1, 0.15) is 5.56 Å². The third-order valence-corrected chi connectivity index (χ3v) is 1.17. The van der Waals surface area contributed by atoms with Crippen LogP contribution in [-0.4, -0.2) is 9.66 Å². The molecular formula is C5H8N4O. The van der Waals surface area contributed by atoms with E-state index in [1.807, 2.05) is 0 Å². The average molecular weight is 140 g/mol. The van der Waals surface area contributed by atoms with E-state index in [4.69, 9.17) is 11.6 Å². The summed E-state index contributed by atoms with van der Waals surface area (Å²) in [6, 6.07) is 0. The Morgan fingerprint density at radius 1 is 1.70 bits per heavy atom. The molecule has 0 aromatic carbocycles. The monoisotopic (exact) mass is 140 g/mol. The minimum Gasteiger partial charge on any atom is -0.383 e. The van der Waals surface area contributed by atoms with Gasteiger partial charge < -0.3 is 11.6 Å². The maximum Gasteiger partial charge on any atom is 0.367 e. The molecule has 0 saturated heterocycles. The molecule has 10 heavy (non-hydrogen) atoms. The lowest BCUT2D eigenvalue weighted by Gasteiger charge is -1.99. The second-order valence-electron chi connectivity index (χ2n) is 2.00. The molecule has 1 rings (SSSR count). The van der Waals surface area contributed by atoms with Crippen LogP contribution in [-0.2, 0) is 0 Å². The Labute approximate surface area is 57.3 Å². The number of aromatic nitrogens is 2. The standard InChI is InChI=1S/C5H8N4O/c1-3-2-9(7)5(10)8-4(3)6/h2H,7H2,1H3,(H2,6,8,10). The lowest BCUT2D eigenvalue weighted by molar-refractivity contribution is 0.865. The maximum atomic E-state index is 10.6. The number of hydrogen-bond donors (Lipinski definition) is 2. The Hall–Kier alpha value is -1.52. The highest BCUT2D eigenvalue weighted by Crippen LogP contribution is 1.98. The number of aryl methyl sites for hydroxylation is 1. The molecule has 1 heterocycles. The van der Waals surface area contributed by atoms with Crippen LogP contribution < -0.4 is 17.3 Å². The molecule has 0 fully saturated rings. The summed E-state index contributed by atoms with van der Waals surface area (Å²) in [4.78, 5) is 14.1. The van der Waals surface area contributed by atoms with Gasteiger partial charge in [-0.1, -0.05) is 0 Å². The zero-order chi connectivity index (χ0) is 7.72. The van der Waals surface area contributed by atoms with Crippen molar-refractivity contribution < 1.29 is 0 Å². The molecular weight excluding hydrogens is 132 g/mol. The summed E-state index contributed by atoms with van der Waals surface area (Å²) in [6.07, 6.45) is 1.44. The smallest absolute Gasteiger partial charge is 0.367 e. The maximum absolute atomic E-state index is 10.6. The van der Waals surface area contributed by atoms with Crippen molar-refractivity contribution in [1.29, 1.82) is 0 Å². The number of nitrogen functional groups attached to an aromatic ring is 2. The Kier molecular flexibility index (Phi) is 1.33. The second-order valence-corrected chi connectivity index (χ2v) is 2.00. The SMILES string of the molecule is Cc1cn(N)c(=O)nc1N. The fraction of sp³-hybridized carbons (Fsp3) is 0.200. The van der Waals surface area contributed by atoms with Crippen LogP contribution in [0.4, 0.5) is 5.82 Å². The van der Waals surface area contributed by atoms with Crippen LogP contribution in [0.15, 0.2) is 11.0 Å². The van der Waals surface area contributed by atoms with Gasteiger partial charge in [-0.2, -0.15) is 4.98 Å². The fourth-order valence-corrected chi connectivity index (χ4v) is 0.579. The Bertz CT molecular complexity index is 303. The van der Waals surface area contributed by atoms with Gasteiger partial charge in [0.25, 0.3) is 0 Å². The highest BCUT2D eigenvalue weighted by Gasteiger charge is 1.96. The fourth-order valence-electron chi connectivity index (χ4n) is 0.579. The van der Waals surface area contributed by atoms with Crippen LogP contribution >= 0.6 is 0 Å². The number of anilines is 1. The molecule has 0 aliphatic heterocycles. The first-order valence-corrected chi connectivity index (χ1v) is 2.72. The van der Waals surface area contributed by atoms with Gasteiger partial charge in [-0.3, -0.25) is 0 Å². The number of nitrogens with zero attached hydrogens (tertiary/aromatic N) is 2. The first-order chi connectivity index (χ1) is 4.61. The van der Waals surface area contributed by atoms with Gasteiger partial charge in [0.05, 0.1) is 0 Å². The molecule has 0 aliphatic carbocycles. The van der Waals surface area contributed by atoms with E-state index in [0.29, 0.717) is 5.56 Å². The quantitative estimate of drug-likeness (QED) is 0.445. The number of rotatable bonds is 0. The van der Waals surface area contributed by atoms with Crippen molar-refractivity contribution in [2.24, 2.45) is 0 Å². The van der Waals surface area contributed by atoms with Crippen molar-refractivity contribution >= 4 is 5.82 Å². The molecule has 0 amide bonds. The summed E-state index contributed by atoms with van der Waals surface area (Å²) in [5.41, 5.74) is 5.47. The Morgan fingerprint density at radius 3 is 2.80 bits per heavy atom. The summed E-state index contributed by atoms with van der Waals surface area (Å²) in [6.45, 7) is 1.73. The van der Waals surface area contributed by atoms with Crippen molar-refractivity contribution in [3.8, 4) is 0 Å². The lowest BCUT2D eigenvalue weighted by Crippen LogP contribution is -2.29. The summed E-state index contributed by atoms with van der Waals surface area (Å²) >= 11 is 0. The third-order valence-electron chi connectivity index (χ3n) is 1.17. The van der Waals surface area contributed by atoms with Crippen molar-refractivity contribution in [2.75, 3.05) is 11.6 Å². The summed E-state index contributed by atoms with van der Waals surface area (Å²) in [5, 5.41) is 0. The zero-order valence-electron chi connectivity index (χ0n) is 5.53. The molecule has 0 spiro atoms. The molecule has 1 aromatic rings. The average Bonchev–Trinajstić information content (AvgIpc) is 1.84. The van der Waals surface area contributed by atoms with Crippen LogP contribution in [0.3, 0.4) is 0 Å². The van der Waals surface area contributed by atoms with Crippen LogP contribution in [0.5, 0.6) is 0 Å². The number of hydrogen-bond acceptors (Lipinski definition) is 4. The van der Waals surface area contributed by atoms with E-state index < -0.39 is 5.69 Å². The van der Waals surface area contributed by atoms with Gasteiger partial charge in [0, 0.05) is 11.8 Å². The molecule has 5 heteroatoms. The summed E-state index contributed by atoms with van der Waals surface area (Å²) < 4.78 is 0.895. The largest absolute Gasteiger partial charge is 0.383 e. The van der Waals surface area contributed by atoms with E-state index in [0.717, 1.165) is 4.68 Å². The van der Waals surface area contributed by atoms with E-state index in [2.05, 4.69) is 4.98 Å². The highest BCUT2D eigenvalue weighted by molar-refractivity contribution is 5.34. The van der Waals surface area contributed by atoms with Gasteiger partial charge in [0.2, 0.25) is 0 Å². The van der Waals surface area contributed by atoms with Gasteiger partial charge in [-0.05, 0) is 6.92 Å². The van der Waals surface area contributed by atoms with Gasteiger partial charge in [-0.25, -0.2) is 9.47 Å². The van der Waals surface area contributed by atoms with E-state index in [-0.39, 0.29) is 5.82 Å². The van der Waals surface area contributed by atoms with Crippen molar-refractivity contribution in [3.05, 3.63) is 22.2 Å². The molecule has 4 N–H and O–H groups in total. The molecule has 1 aromatic heterocycles.